The highest BCUT2D eigenvalue weighted by Crippen LogP contribution is 2.61. The van der Waals surface area contributed by atoms with Gasteiger partial charge in [0.15, 0.2) is 12.4 Å². The van der Waals surface area contributed by atoms with Gasteiger partial charge in [0.05, 0.1) is 6.42 Å². The smallest absolute Gasteiger partial charge is 0.306 e. The predicted molar refractivity (Wildman–Crippen MR) is 109 cm³/mol. The van der Waals surface area contributed by atoms with Crippen LogP contribution in [0.5, 0.6) is 0 Å². The summed E-state index contributed by atoms with van der Waals surface area (Å²) in [4.78, 5) is 36.3. The Hall–Kier alpha value is -2.17. The Kier molecular flexibility index (Phi) is 5.75. The third-order valence-corrected chi connectivity index (χ3v) is 7.40. The number of Topliss-reactive ketones (excluding diaryl/α,β-unsaturated/α-hetero) is 1. The van der Waals surface area contributed by atoms with Gasteiger partial charge >= 0.3 is 5.97 Å². The second kappa shape index (κ2) is 8.29. The summed E-state index contributed by atoms with van der Waals surface area (Å²) in [6.45, 7) is 1.85. The van der Waals surface area contributed by atoms with E-state index in [1.54, 1.807) is 24.3 Å². The highest BCUT2D eigenvalue weighted by molar-refractivity contribution is 5.97. The van der Waals surface area contributed by atoms with Crippen LogP contribution in [0, 0.1) is 23.2 Å². The molecule has 5 heteroatoms. The summed E-state index contributed by atoms with van der Waals surface area (Å²) in [7, 11) is 0. The van der Waals surface area contributed by atoms with Crippen molar-refractivity contribution in [3.05, 3.63) is 35.9 Å². The SMILES string of the molecule is C[C@H](NC(=O)COC(=O)CCC(=O)c1ccccc1)C12CC3CC(CC(C3)C1)C2. The van der Waals surface area contributed by atoms with Crippen LogP contribution in [0.25, 0.3) is 0 Å². The molecule has 4 aliphatic rings. The van der Waals surface area contributed by atoms with E-state index in [1.165, 1.54) is 38.5 Å². The van der Waals surface area contributed by atoms with Crippen molar-refractivity contribution in [1.82, 2.24) is 5.32 Å². The van der Waals surface area contributed by atoms with Gasteiger partial charge < -0.3 is 10.1 Å². The normalized spacial score (nSPS) is 30.6. The molecule has 1 amide bonds. The molecule has 29 heavy (non-hydrogen) atoms. The zero-order valence-electron chi connectivity index (χ0n) is 17.2. The van der Waals surface area contributed by atoms with E-state index < -0.39 is 5.97 Å². The quantitative estimate of drug-likeness (QED) is 0.533. The summed E-state index contributed by atoms with van der Waals surface area (Å²) in [6.07, 6.45) is 7.88. The van der Waals surface area contributed by atoms with Gasteiger partial charge in [0, 0.05) is 18.0 Å². The van der Waals surface area contributed by atoms with Gasteiger partial charge in [0.2, 0.25) is 0 Å². The fourth-order valence-electron chi connectivity index (χ4n) is 6.35. The number of rotatable bonds is 8. The number of nitrogens with one attached hydrogen (secondary N) is 1. The van der Waals surface area contributed by atoms with E-state index in [-0.39, 0.29) is 42.6 Å². The molecular formula is C24H31NO4. The highest BCUT2D eigenvalue weighted by atomic mass is 16.5. The number of hydrogen-bond donors (Lipinski definition) is 1. The molecule has 156 valence electrons. The lowest BCUT2D eigenvalue weighted by Gasteiger charge is -2.59. The molecule has 0 aromatic heterocycles. The van der Waals surface area contributed by atoms with Crippen molar-refractivity contribution in [2.75, 3.05) is 6.61 Å². The van der Waals surface area contributed by atoms with Gasteiger partial charge in [-0.3, -0.25) is 14.4 Å². The van der Waals surface area contributed by atoms with Gasteiger partial charge in [0.1, 0.15) is 0 Å². The molecule has 0 radical (unpaired) electrons. The number of esters is 1. The van der Waals surface area contributed by atoms with E-state index in [1.807, 2.05) is 6.07 Å². The maximum Gasteiger partial charge on any atom is 0.306 e. The van der Waals surface area contributed by atoms with Gasteiger partial charge in [0.25, 0.3) is 5.91 Å². The average Bonchev–Trinajstić information content (AvgIpc) is 2.70. The Morgan fingerprint density at radius 1 is 1.00 bits per heavy atom. The summed E-state index contributed by atoms with van der Waals surface area (Å²) in [5.74, 6) is 1.66. The number of benzene rings is 1. The van der Waals surface area contributed by atoms with Crippen LogP contribution in [0.3, 0.4) is 0 Å². The van der Waals surface area contributed by atoms with Crippen molar-refractivity contribution in [1.29, 1.82) is 0 Å². The van der Waals surface area contributed by atoms with Crippen LogP contribution in [0.1, 0.15) is 68.6 Å². The first-order chi connectivity index (χ1) is 13.9. The number of ether oxygens (including phenoxy) is 1. The van der Waals surface area contributed by atoms with Crippen LogP contribution in [-0.2, 0) is 14.3 Å². The maximum absolute atomic E-state index is 12.4. The van der Waals surface area contributed by atoms with Crippen LogP contribution in [0.4, 0.5) is 0 Å². The minimum absolute atomic E-state index is 0.00839. The molecule has 0 spiro atoms. The number of carbonyl (C=O) groups excluding carboxylic acids is 3. The molecule has 4 aliphatic carbocycles. The standard InChI is InChI=1S/C24H31NO4/c1-16(24-12-17-9-18(13-24)11-19(10-17)14-24)25-22(27)15-29-23(28)8-7-21(26)20-5-3-2-4-6-20/h2-6,16-19H,7-15H2,1H3,(H,25,27)/t16-,17?,18?,19?,24?/m0/s1. The lowest BCUT2D eigenvalue weighted by molar-refractivity contribution is -0.149. The third-order valence-electron chi connectivity index (χ3n) is 7.40. The molecule has 1 aromatic carbocycles. The molecule has 4 fully saturated rings. The molecule has 4 saturated carbocycles. The average molecular weight is 398 g/mol. The largest absolute Gasteiger partial charge is 0.456 e. The Morgan fingerprint density at radius 2 is 1.59 bits per heavy atom. The predicted octanol–water partition coefficient (Wildman–Crippen LogP) is 3.91. The third kappa shape index (κ3) is 4.54. The Bertz CT molecular complexity index is 737. The molecule has 0 saturated heterocycles. The fourth-order valence-corrected chi connectivity index (χ4v) is 6.35. The van der Waals surface area contributed by atoms with Crippen molar-refractivity contribution in [2.45, 2.75) is 64.3 Å². The highest BCUT2D eigenvalue weighted by Gasteiger charge is 2.53. The molecule has 1 atom stereocenters. The van der Waals surface area contributed by atoms with Crippen LogP contribution in [0.2, 0.25) is 0 Å². The molecule has 4 bridgehead atoms. The molecule has 0 heterocycles. The van der Waals surface area contributed by atoms with E-state index in [9.17, 15) is 14.4 Å². The summed E-state index contributed by atoms with van der Waals surface area (Å²) in [5.41, 5.74) is 0.818. The van der Waals surface area contributed by atoms with Gasteiger partial charge in [-0.2, -0.15) is 0 Å². The van der Waals surface area contributed by atoms with Crippen molar-refractivity contribution < 1.29 is 19.1 Å². The van der Waals surface area contributed by atoms with Crippen molar-refractivity contribution in [3.63, 3.8) is 0 Å². The topological polar surface area (TPSA) is 72.5 Å². The van der Waals surface area contributed by atoms with E-state index >= 15 is 0 Å². The molecule has 1 aromatic rings. The van der Waals surface area contributed by atoms with Crippen molar-refractivity contribution in [2.24, 2.45) is 23.2 Å². The molecule has 0 aliphatic heterocycles. The number of carbonyl (C=O) groups is 3. The van der Waals surface area contributed by atoms with E-state index in [2.05, 4.69) is 12.2 Å². The summed E-state index contributed by atoms with van der Waals surface area (Å²) >= 11 is 0. The molecule has 1 N–H and O–H groups in total. The van der Waals surface area contributed by atoms with Gasteiger partial charge in [-0.05, 0) is 68.6 Å². The van der Waals surface area contributed by atoms with Crippen LogP contribution < -0.4 is 5.32 Å². The van der Waals surface area contributed by atoms with E-state index in [4.69, 9.17) is 4.74 Å². The lowest BCUT2D eigenvalue weighted by atomic mass is 9.48. The summed E-state index contributed by atoms with van der Waals surface area (Å²) < 4.78 is 5.11. The van der Waals surface area contributed by atoms with E-state index in [0.717, 1.165) is 17.8 Å². The zero-order valence-corrected chi connectivity index (χ0v) is 17.2. The van der Waals surface area contributed by atoms with Gasteiger partial charge in [-0.25, -0.2) is 0 Å². The number of amides is 1. The molecule has 0 unspecified atom stereocenters. The van der Waals surface area contributed by atoms with Crippen molar-refractivity contribution in [3.8, 4) is 0 Å². The Labute approximate surface area is 172 Å². The number of hydrogen-bond acceptors (Lipinski definition) is 4. The zero-order chi connectivity index (χ0) is 20.4. The van der Waals surface area contributed by atoms with Crippen LogP contribution in [-0.4, -0.2) is 30.3 Å². The molecule has 5 nitrogen and oxygen atoms in total. The first-order valence-corrected chi connectivity index (χ1v) is 11.0. The van der Waals surface area contributed by atoms with Crippen LogP contribution >= 0.6 is 0 Å². The molecule has 5 rings (SSSR count). The minimum Gasteiger partial charge on any atom is -0.456 e. The second-order valence-corrected chi connectivity index (χ2v) is 9.52. The molecular weight excluding hydrogens is 366 g/mol. The Balaban J connectivity index is 1.20. The fraction of sp³-hybridized carbons (Fsp3) is 0.625. The second-order valence-electron chi connectivity index (χ2n) is 9.52. The van der Waals surface area contributed by atoms with Crippen molar-refractivity contribution >= 4 is 17.7 Å². The van der Waals surface area contributed by atoms with Gasteiger partial charge in [-0.1, -0.05) is 30.3 Å². The first kappa shape index (κ1) is 20.1. The monoisotopic (exact) mass is 397 g/mol. The summed E-state index contributed by atoms with van der Waals surface area (Å²) in [6, 6.07) is 9.00. The first-order valence-electron chi connectivity index (χ1n) is 11.0. The maximum atomic E-state index is 12.4. The van der Waals surface area contributed by atoms with Crippen LogP contribution in [0.15, 0.2) is 30.3 Å². The van der Waals surface area contributed by atoms with E-state index in [0.29, 0.717) is 5.56 Å². The van der Waals surface area contributed by atoms with Gasteiger partial charge in [-0.15, -0.1) is 0 Å². The number of ketones is 1. The minimum atomic E-state index is -0.508. The summed E-state index contributed by atoms with van der Waals surface area (Å²) in [5, 5.41) is 3.10. The Morgan fingerprint density at radius 3 is 2.17 bits per heavy atom. The lowest BCUT2D eigenvalue weighted by Crippen LogP contribution is -2.56.